The molecule has 0 saturated carbocycles. The van der Waals surface area contributed by atoms with Gasteiger partial charge in [-0.2, -0.15) is 26.3 Å². The van der Waals surface area contributed by atoms with Crippen LogP contribution in [-0.4, -0.2) is 33.7 Å². The Kier molecular flexibility index (Phi) is 9.48. The van der Waals surface area contributed by atoms with Crippen LogP contribution in [-0.2, 0) is 27.5 Å². The van der Waals surface area contributed by atoms with Crippen LogP contribution in [0, 0.1) is 0 Å². The van der Waals surface area contributed by atoms with Crippen LogP contribution in [0.1, 0.15) is 47.2 Å². The minimum absolute atomic E-state index is 0.0437. The van der Waals surface area contributed by atoms with E-state index in [1.54, 1.807) is 48.5 Å². The van der Waals surface area contributed by atoms with Crippen LogP contribution in [0.25, 0.3) is 0 Å². The molecule has 0 spiro atoms. The lowest BCUT2D eigenvalue weighted by Gasteiger charge is -2.28. The summed E-state index contributed by atoms with van der Waals surface area (Å²) in [6.07, 6.45) is -9.08. The zero-order valence-electron chi connectivity index (χ0n) is 21.9. The quantitative estimate of drug-likeness (QED) is 0.265. The van der Waals surface area contributed by atoms with Gasteiger partial charge in [-0.05, 0) is 35.4 Å². The van der Waals surface area contributed by atoms with Crippen molar-refractivity contribution in [2.75, 3.05) is 13.2 Å². The Balaban J connectivity index is 1.48. The molecular weight excluding hydrogens is 588 g/mol. The van der Waals surface area contributed by atoms with Crippen molar-refractivity contribution >= 4 is 15.9 Å². The van der Waals surface area contributed by atoms with Gasteiger partial charge in [0, 0.05) is 24.9 Å². The molecule has 226 valence electrons. The fourth-order valence-corrected chi connectivity index (χ4v) is 5.76. The Hall–Kier alpha value is -3.62. The number of alkyl halides is 6. The Labute approximate surface area is 238 Å². The molecule has 3 N–H and O–H groups in total. The highest BCUT2D eigenvalue weighted by atomic mass is 32.2. The van der Waals surface area contributed by atoms with Crippen molar-refractivity contribution in [1.82, 2.24) is 15.4 Å². The van der Waals surface area contributed by atoms with E-state index in [4.69, 9.17) is 4.74 Å². The first kappa shape index (κ1) is 31.3. The Morgan fingerprint density at radius 3 is 2.38 bits per heavy atom. The van der Waals surface area contributed by atoms with E-state index in [2.05, 4.69) is 15.4 Å². The third-order valence-electron chi connectivity index (χ3n) is 6.47. The first-order chi connectivity index (χ1) is 19.7. The predicted molar refractivity (Wildman–Crippen MR) is 141 cm³/mol. The summed E-state index contributed by atoms with van der Waals surface area (Å²) in [7, 11) is -4.47. The van der Waals surface area contributed by atoms with Crippen LogP contribution in [0.5, 0.6) is 5.75 Å². The Morgan fingerprint density at radius 2 is 1.69 bits per heavy atom. The molecule has 3 aromatic rings. The molecule has 7 nitrogen and oxygen atoms in total. The molecule has 0 fully saturated rings. The van der Waals surface area contributed by atoms with Crippen LogP contribution in [0.3, 0.4) is 0 Å². The molecule has 0 aliphatic carbocycles. The van der Waals surface area contributed by atoms with E-state index in [1.165, 1.54) is 0 Å². The van der Waals surface area contributed by atoms with Gasteiger partial charge < -0.3 is 15.4 Å². The molecule has 14 heteroatoms. The number of ether oxygens (including phenoxy) is 1. The van der Waals surface area contributed by atoms with Crippen LogP contribution in [0.4, 0.5) is 26.3 Å². The summed E-state index contributed by atoms with van der Waals surface area (Å²) < 4.78 is 111. The second-order valence-corrected chi connectivity index (χ2v) is 11.4. The van der Waals surface area contributed by atoms with Gasteiger partial charge in [-0.3, -0.25) is 4.79 Å². The fraction of sp³-hybridized carbons (Fsp3) is 0.321. The molecule has 3 aromatic carbocycles. The van der Waals surface area contributed by atoms with Crippen LogP contribution < -0.4 is 20.1 Å². The number of rotatable bonds is 10. The number of benzene rings is 3. The molecule has 0 saturated heterocycles. The minimum atomic E-state index is -4.75. The summed E-state index contributed by atoms with van der Waals surface area (Å²) in [6.45, 7) is -0.969. The summed E-state index contributed by atoms with van der Waals surface area (Å²) in [4.78, 5) is 12.6. The second kappa shape index (κ2) is 12.7. The number of carbonyl (C=O) groups excluding carboxylic acids is 1. The molecule has 1 heterocycles. The van der Waals surface area contributed by atoms with Gasteiger partial charge in [0.1, 0.15) is 5.75 Å². The second-order valence-electron chi connectivity index (χ2n) is 9.66. The van der Waals surface area contributed by atoms with Gasteiger partial charge in [-0.1, -0.05) is 48.5 Å². The van der Waals surface area contributed by atoms with E-state index in [9.17, 15) is 39.6 Å². The standard InChI is InChI=1S/C28H27F6N3O4S/c29-27(30,31)17-35-16-18-9-10-22-23(11-12-41-25(22)13-18)36-26(38)15-24(19-5-2-1-3-6-19)37-42(39,40)21-8-4-7-20(14-21)28(32,33)34/h1-10,13-14,23-24,35,37H,11-12,15-17H2,(H,36,38). The van der Waals surface area contributed by atoms with Crippen molar-refractivity contribution in [3.05, 3.63) is 95.1 Å². The van der Waals surface area contributed by atoms with Gasteiger partial charge in [-0.15, -0.1) is 0 Å². The maximum absolute atomic E-state index is 13.2. The van der Waals surface area contributed by atoms with Gasteiger partial charge in [0.05, 0.1) is 35.7 Å². The van der Waals surface area contributed by atoms with Gasteiger partial charge >= 0.3 is 12.4 Å². The molecule has 1 aliphatic heterocycles. The van der Waals surface area contributed by atoms with Gasteiger partial charge in [0.25, 0.3) is 0 Å². The lowest BCUT2D eigenvalue weighted by atomic mass is 9.98. The first-order valence-electron chi connectivity index (χ1n) is 12.8. The average Bonchev–Trinajstić information content (AvgIpc) is 2.92. The Morgan fingerprint density at radius 1 is 0.952 bits per heavy atom. The monoisotopic (exact) mass is 615 g/mol. The van der Waals surface area contributed by atoms with Crippen LogP contribution in [0.15, 0.2) is 77.7 Å². The molecular formula is C28H27F6N3O4S. The fourth-order valence-electron chi connectivity index (χ4n) is 4.49. The van der Waals surface area contributed by atoms with Crippen molar-refractivity contribution < 1.29 is 44.3 Å². The third kappa shape index (κ3) is 8.46. The molecule has 2 unspecified atom stereocenters. The van der Waals surface area contributed by atoms with Crippen LogP contribution in [0.2, 0.25) is 0 Å². The third-order valence-corrected chi connectivity index (χ3v) is 7.94. The van der Waals surface area contributed by atoms with Crippen molar-refractivity contribution in [1.29, 1.82) is 0 Å². The largest absolute Gasteiger partial charge is 0.493 e. The molecule has 4 rings (SSSR count). The average molecular weight is 616 g/mol. The zero-order chi connectivity index (χ0) is 30.5. The highest BCUT2D eigenvalue weighted by Gasteiger charge is 2.33. The minimum Gasteiger partial charge on any atom is -0.493 e. The number of hydrogen-bond donors (Lipinski definition) is 3. The molecule has 0 aromatic heterocycles. The number of fused-ring (bicyclic) bond motifs is 1. The number of hydrogen-bond acceptors (Lipinski definition) is 5. The summed E-state index contributed by atoms with van der Waals surface area (Å²) in [6, 6.07) is 14.7. The van der Waals surface area contributed by atoms with E-state index in [-0.39, 0.29) is 19.6 Å². The topological polar surface area (TPSA) is 96.5 Å². The van der Waals surface area contributed by atoms with E-state index >= 15 is 0 Å². The van der Waals surface area contributed by atoms with Crippen molar-refractivity contribution in [3.8, 4) is 5.75 Å². The summed E-state index contributed by atoms with van der Waals surface area (Å²) in [5.74, 6) is -0.132. The van der Waals surface area contributed by atoms with Crippen molar-refractivity contribution in [2.24, 2.45) is 0 Å². The molecule has 1 amide bonds. The van der Waals surface area contributed by atoms with Crippen molar-refractivity contribution in [3.63, 3.8) is 0 Å². The van der Waals surface area contributed by atoms with E-state index in [1.807, 2.05) is 0 Å². The van der Waals surface area contributed by atoms with Crippen LogP contribution >= 0.6 is 0 Å². The molecule has 2 atom stereocenters. The molecule has 1 aliphatic rings. The smallest absolute Gasteiger partial charge is 0.416 e. The number of halogens is 6. The zero-order valence-corrected chi connectivity index (χ0v) is 22.7. The molecule has 42 heavy (non-hydrogen) atoms. The number of nitrogens with one attached hydrogen (secondary N) is 3. The number of sulfonamides is 1. The number of carbonyl (C=O) groups is 1. The van der Waals surface area contributed by atoms with Gasteiger partial charge in [-0.25, -0.2) is 13.1 Å². The summed E-state index contributed by atoms with van der Waals surface area (Å²) in [5.41, 5.74) is 0.455. The Bertz CT molecular complexity index is 1500. The van der Waals surface area contributed by atoms with E-state index in [0.717, 1.165) is 18.2 Å². The maximum atomic E-state index is 13.2. The highest BCUT2D eigenvalue weighted by molar-refractivity contribution is 7.89. The maximum Gasteiger partial charge on any atom is 0.416 e. The lowest BCUT2D eigenvalue weighted by Crippen LogP contribution is -2.36. The van der Waals surface area contributed by atoms with Gasteiger partial charge in [0.15, 0.2) is 0 Å². The summed E-state index contributed by atoms with van der Waals surface area (Å²) in [5, 5.41) is 5.15. The summed E-state index contributed by atoms with van der Waals surface area (Å²) >= 11 is 0. The lowest BCUT2D eigenvalue weighted by molar-refractivity contribution is -0.137. The normalized spacial score (nSPS) is 16.3. The molecule has 0 radical (unpaired) electrons. The SMILES string of the molecule is O=C(CC(NS(=O)(=O)c1cccc(C(F)(F)F)c1)c1ccccc1)NC1CCOc2cc(CNCC(F)(F)F)ccc21. The number of amides is 1. The highest BCUT2D eigenvalue weighted by Crippen LogP contribution is 2.34. The predicted octanol–water partition coefficient (Wildman–Crippen LogP) is 5.41. The van der Waals surface area contributed by atoms with Gasteiger partial charge in [0.2, 0.25) is 15.9 Å². The van der Waals surface area contributed by atoms with Crippen molar-refractivity contribution in [2.45, 2.75) is 48.7 Å². The first-order valence-corrected chi connectivity index (χ1v) is 14.3. The molecule has 0 bridgehead atoms. The van der Waals surface area contributed by atoms with E-state index < -0.39 is 57.4 Å². The van der Waals surface area contributed by atoms with E-state index in [0.29, 0.717) is 34.9 Å².